The maximum absolute atomic E-state index is 12.3. The molecule has 0 unspecified atom stereocenters. The van der Waals surface area contributed by atoms with E-state index in [1.165, 1.54) is 4.90 Å². The number of oxazole rings is 1. The highest BCUT2D eigenvalue weighted by Crippen LogP contribution is 2.22. The van der Waals surface area contributed by atoms with E-state index in [1.54, 1.807) is 18.7 Å². The van der Waals surface area contributed by atoms with Gasteiger partial charge in [-0.05, 0) is 43.0 Å². The summed E-state index contributed by atoms with van der Waals surface area (Å²) in [6.07, 6.45) is 2.02. The first-order chi connectivity index (χ1) is 11.7. The van der Waals surface area contributed by atoms with Gasteiger partial charge in [-0.1, -0.05) is 30.3 Å². The number of hydrogen-bond donors (Lipinski definition) is 0. The van der Waals surface area contributed by atoms with E-state index >= 15 is 0 Å². The number of hydrogen-bond acceptors (Lipinski definition) is 5. The zero-order chi connectivity index (χ0) is 16.9. The largest absolute Gasteiger partial charge is 0.456 e. The van der Waals surface area contributed by atoms with E-state index < -0.39 is 5.97 Å². The summed E-state index contributed by atoms with van der Waals surface area (Å²) in [6.45, 7) is 1.92. The van der Waals surface area contributed by atoms with Crippen LogP contribution in [0.4, 0.5) is 0 Å². The second-order valence-electron chi connectivity index (χ2n) is 5.21. The lowest BCUT2D eigenvalue weighted by molar-refractivity contribution is 0.0464. The molecule has 0 spiro atoms. The molecule has 0 aliphatic heterocycles. The Kier molecular flexibility index (Phi) is 5.01. The van der Waals surface area contributed by atoms with Gasteiger partial charge in [0.2, 0.25) is 5.89 Å². The Morgan fingerprint density at radius 3 is 2.50 bits per heavy atom. The maximum atomic E-state index is 12.3. The summed E-state index contributed by atoms with van der Waals surface area (Å²) in [5, 5.41) is 0. The van der Waals surface area contributed by atoms with Gasteiger partial charge in [0.1, 0.15) is 12.4 Å². The maximum Gasteiger partial charge on any atom is 0.360 e. The molecule has 0 aliphatic rings. The predicted octanol–water partition coefficient (Wildman–Crippen LogP) is 4.73. The molecule has 3 rings (SSSR count). The quantitative estimate of drug-likeness (QED) is 0.497. The van der Waals surface area contributed by atoms with E-state index in [1.807, 2.05) is 60.9 Å². The lowest BCUT2D eigenvalue weighted by Gasteiger charge is -2.04. The number of thioether (sulfide) groups is 1. The molecule has 0 N–H and O–H groups in total. The summed E-state index contributed by atoms with van der Waals surface area (Å²) >= 11 is 1.67. The van der Waals surface area contributed by atoms with Gasteiger partial charge in [0.25, 0.3) is 0 Å². The highest BCUT2D eigenvalue weighted by Gasteiger charge is 2.19. The number of rotatable bonds is 5. The van der Waals surface area contributed by atoms with Crippen LogP contribution in [0, 0.1) is 6.92 Å². The van der Waals surface area contributed by atoms with Crippen molar-refractivity contribution in [3.05, 3.63) is 71.6 Å². The highest BCUT2D eigenvalue weighted by atomic mass is 32.2. The van der Waals surface area contributed by atoms with Gasteiger partial charge in [-0.15, -0.1) is 11.8 Å². The molecule has 0 bridgehead atoms. The summed E-state index contributed by atoms with van der Waals surface area (Å²) in [4.78, 5) is 17.7. The fourth-order valence-electron chi connectivity index (χ4n) is 2.23. The Morgan fingerprint density at radius 1 is 1.12 bits per heavy atom. The number of esters is 1. The van der Waals surface area contributed by atoms with Crippen LogP contribution in [0.15, 0.2) is 63.9 Å². The van der Waals surface area contributed by atoms with Crippen molar-refractivity contribution >= 4 is 17.7 Å². The Labute approximate surface area is 144 Å². The molecule has 122 valence electrons. The number of benzene rings is 2. The van der Waals surface area contributed by atoms with Gasteiger partial charge in [-0.25, -0.2) is 9.78 Å². The normalized spacial score (nSPS) is 10.6. The van der Waals surface area contributed by atoms with E-state index in [9.17, 15) is 4.79 Å². The molecule has 0 amide bonds. The van der Waals surface area contributed by atoms with Gasteiger partial charge < -0.3 is 9.15 Å². The summed E-state index contributed by atoms with van der Waals surface area (Å²) in [7, 11) is 0. The van der Waals surface area contributed by atoms with E-state index in [-0.39, 0.29) is 12.3 Å². The Balaban J connectivity index is 1.69. The first kappa shape index (κ1) is 16.3. The third-order valence-corrected chi connectivity index (χ3v) is 4.28. The third-order valence-electron chi connectivity index (χ3n) is 3.54. The molecule has 0 aliphatic carbocycles. The topological polar surface area (TPSA) is 52.3 Å². The minimum Gasteiger partial charge on any atom is -0.456 e. The van der Waals surface area contributed by atoms with Crippen molar-refractivity contribution in [2.24, 2.45) is 0 Å². The zero-order valence-electron chi connectivity index (χ0n) is 13.5. The van der Waals surface area contributed by atoms with Crippen molar-refractivity contribution in [3.63, 3.8) is 0 Å². The van der Waals surface area contributed by atoms with E-state index in [0.717, 1.165) is 11.1 Å². The monoisotopic (exact) mass is 339 g/mol. The molecule has 0 saturated heterocycles. The smallest absolute Gasteiger partial charge is 0.360 e. The van der Waals surface area contributed by atoms with Crippen LogP contribution in [0.1, 0.15) is 21.8 Å². The molecule has 0 atom stereocenters. The minimum absolute atomic E-state index is 0.209. The molecule has 1 aromatic heterocycles. The third kappa shape index (κ3) is 3.68. The van der Waals surface area contributed by atoms with Crippen LogP contribution < -0.4 is 0 Å². The number of carbonyl (C=O) groups is 1. The highest BCUT2D eigenvalue weighted by molar-refractivity contribution is 7.98. The fourth-order valence-corrected chi connectivity index (χ4v) is 2.64. The van der Waals surface area contributed by atoms with Crippen LogP contribution in [-0.4, -0.2) is 17.2 Å². The average Bonchev–Trinajstić information content (AvgIpc) is 3.03. The molecule has 0 saturated carbocycles. The van der Waals surface area contributed by atoms with Crippen molar-refractivity contribution in [1.29, 1.82) is 0 Å². The van der Waals surface area contributed by atoms with E-state index in [2.05, 4.69) is 4.98 Å². The number of nitrogens with zero attached hydrogens (tertiary/aromatic N) is 1. The summed E-state index contributed by atoms with van der Waals surface area (Å²) in [6, 6.07) is 17.4. The van der Waals surface area contributed by atoms with Gasteiger partial charge >= 0.3 is 5.97 Å². The molecule has 0 radical (unpaired) electrons. The minimum atomic E-state index is -0.479. The lowest BCUT2D eigenvalue weighted by atomic mass is 10.2. The van der Waals surface area contributed by atoms with E-state index in [0.29, 0.717) is 11.7 Å². The molecule has 2 aromatic carbocycles. The SMILES string of the molecule is CSc1ccc(COC(=O)c2nc(-c3ccccc3)oc2C)cc1. The lowest BCUT2D eigenvalue weighted by Crippen LogP contribution is -2.07. The van der Waals surface area contributed by atoms with Crippen LogP contribution in [0.5, 0.6) is 0 Å². The van der Waals surface area contributed by atoms with Gasteiger partial charge in [0, 0.05) is 10.5 Å². The van der Waals surface area contributed by atoms with Crippen molar-refractivity contribution < 1.29 is 13.9 Å². The zero-order valence-corrected chi connectivity index (χ0v) is 14.3. The van der Waals surface area contributed by atoms with Crippen LogP contribution in [-0.2, 0) is 11.3 Å². The molecule has 5 heteroatoms. The van der Waals surface area contributed by atoms with Crippen molar-refractivity contribution in [1.82, 2.24) is 4.98 Å². The fraction of sp³-hybridized carbons (Fsp3) is 0.158. The molecular formula is C19H17NO3S. The summed E-state index contributed by atoms with van der Waals surface area (Å²) < 4.78 is 10.9. The standard InChI is InChI=1S/C19H17NO3S/c1-13-17(20-18(23-13)15-6-4-3-5-7-15)19(21)22-12-14-8-10-16(24-2)11-9-14/h3-11H,12H2,1-2H3. The summed E-state index contributed by atoms with van der Waals surface area (Å²) in [5.41, 5.74) is 1.98. The van der Waals surface area contributed by atoms with Gasteiger partial charge in [0.05, 0.1) is 0 Å². The van der Waals surface area contributed by atoms with Crippen LogP contribution in [0.2, 0.25) is 0 Å². The van der Waals surface area contributed by atoms with Gasteiger partial charge in [-0.2, -0.15) is 0 Å². The molecule has 1 heterocycles. The van der Waals surface area contributed by atoms with Crippen molar-refractivity contribution in [3.8, 4) is 11.5 Å². The van der Waals surface area contributed by atoms with Gasteiger partial charge in [0.15, 0.2) is 5.69 Å². The number of aryl methyl sites for hydroxylation is 1. The van der Waals surface area contributed by atoms with Crippen LogP contribution in [0.25, 0.3) is 11.5 Å². The first-order valence-electron chi connectivity index (χ1n) is 7.50. The van der Waals surface area contributed by atoms with Gasteiger partial charge in [-0.3, -0.25) is 0 Å². The number of ether oxygens (including phenoxy) is 1. The average molecular weight is 339 g/mol. The Bertz CT molecular complexity index is 826. The molecule has 24 heavy (non-hydrogen) atoms. The van der Waals surface area contributed by atoms with E-state index in [4.69, 9.17) is 9.15 Å². The Morgan fingerprint density at radius 2 is 1.83 bits per heavy atom. The molecular weight excluding hydrogens is 322 g/mol. The Hall–Kier alpha value is -2.53. The van der Waals surface area contributed by atoms with Crippen LogP contribution >= 0.6 is 11.8 Å². The van der Waals surface area contributed by atoms with Crippen molar-refractivity contribution in [2.45, 2.75) is 18.4 Å². The van der Waals surface area contributed by atoms with Crippen LogP contribution in [0.3, 0.4) is 0 Å². The second kappa shape index (κ2) is 7.36. The molecule has 3 aromatic rings. The van der Waals surface area contributed by atoms with Crippen molar-refractivity contribution in [2.75, 3.05) is 6.26 Å². The first-order valence-corrected chi connectivity index (χ1v) is 8.73. The number of aromatic nitrogens is 1. The second-order valence-corrected chi connectivity index (χ2v) is 6.09. The molecule has 4 nitrogen and oxygen atoms in total. The predicted molar refractivity (Wildman–Crippen MR) is 94.0 cm³/mol. The molecule has 0 fully saturated rings. The summed E-state index contributed by atoms with van der Waals surface area (Å²) in [5.74, 6) is 0.397. The number of carbonyl (C=O) groups excluding carboxylic acids is 1.